The molecule has 420 valence electrons. The van der Waals surface area contributed by atoms with Gasteiger partial charge in [0.05, 0.1) is 90.8 Å². The molecule has 0 aromatic carbocycles. The van der Waals surface area contributed by atoms with Crippen LogP contribution in [-0.4, -0.2) is 161 Å². The van der Waals surface area contributed by atoms with Gasteiger partial charge in [-0.3, -0.25) is 29.0 Å². The summed E-state index contributed by atoms with van der Waals surface area (Å²) in [5, 5.41) is 11.2. The molecule has 3 aromatic rings. The number of carbonyl (C=O) groups excluding carboxylic acids is 5. The number of aromatic nitrogens is 7. The summed E-state index contributed by atoms with van der Waals surface area (Å²) in [7, 11) is -2.06. The SMILES string of the molecule is CCC1=C(C)c2cc3nc(cc4[nH]c(c5c6[nH]c(cc1n2)c(C)c6C(=O)N(CCN1CCOCC1)C5=O)[C@@H](CCC(=O)OCCO[Si](C)(C)C(C)(C)C)[C@@H]4C)C(C)=C3C(=O)c1cn(CCOCCNC(=O)OC(C)(C)C)nn1. The summed E-state index contributed by atoms with van der Waals surface area (Å²) in [6, 6.07) is 5.68. The van der Waals surface area contributed by atoms with Gasteiger partial charge in [-0.1, -0.05) is 39.8 Å². The van der Waals surface area contributed by atoms with Crippen molar-refractivity contribution in [3.8, 4) is 0 Å². The Morgan fingerprint density at radius 2 is 1.55 bits per heavy atom. The minimum absolute atomic E-state index is 0.00298. The maximum absolute atomic E-state index is 15.3. The summed E-state index contributed by atoms with van der Waals surface area (Å²) in [5.41, 5.74) is 8.28. The predicted molar refractivity (Wildman–Crippen MR) is 299 cm³/mol. The van der Waals surface area contributed by atoms with Crippen LogP contribution in [-0.2, 0) is 34.7 Å². The molecule has 8 bridgehead atoms. The van der Waals surface area contributed by atoms with Crippen LogP contribution in [0.5, 0.6) is 0 Å². The molecule has 8 heterocycles. The number of esters is 1. The summed E-state index contributed by atoms with van der Waals surface area (Å²) < 4.78 is 30.2. The quantitative estimate of drug-likeness (QED) is 0.0334. The van der Waals surface area contributed by atoms with Gasteiger partial charge in [0.1, 0.15) is 12.2 Å². The van der Waals surface area contributed by atoms with Crippen molar-refractivity contribution >= 4 is 71.3 Å². The molecular formula is C57H78N10O10Si. The number of nitrogens with one attached hydrogen (secondary N) is 3. The molecule has 20 nitrogen and oxygen atoms in total. The minimum atomic E-state index is -2.06. The molecule has 0 radical (unpaired) electrons. The lowest BCUT2D eigenvalue weighted by molar-refractivity contribution is -0.144. The Hall–Kier alpha value is -6.39. The number of ketones is 1. The maximum atomic E-state index is 15.3. The van der Waals surface area contributed by atoms with Crippen molar-refractivity contribution in [1.29, 1.82) is 0 Å². The van der Waals surface area contributed by atoms with E-state index in [1.807, 2.05) is 45.9 Å². The molecule has 21 heteroatoms. The lowest BCUT2D eigenvalue weighted by Gasteiger charge is -2.36. The molecule has 3 amide bonds. The number of H-pyrrole nitrogens is 2. The number of aromatic amines is 2. The lowest BCUT2D eigenvalue weighted by Crippen LogP contribution is -2.47. The zero-order valence-corrected chi connectivity index (χ0v) is 48.8. The van der Waals surface area contributed by atoms with Crippen molar-refractivity contribution in [2.24, 2.45) is 0 Å². The lowest BCUT2D eigenvalue weighted by atomic mass is 9.84. The van der Waals surface area contributed by atoms with Gasteiger partial charge in [-0.25, -0.2) is 19.4 Å². The van der Waals surface area contributed by atoms with Gasteiger partial charge in [0.15, 0.2) is 14.0 Å². The fourth-order valence-corrected chi connectivity index (χ4v) is 11.2. The van der Waals surface area contributed by atoms with E-state index in [2.05, 4.69) is 71.3 Å². The molecule has 5 aliphatic heterocycles. The Balaban J connectivity index is 1.19. The molecule has 1 saturated heterocycles. The first-order chi connectivity index (χ1) is 36.9. The van der Waals surface area contributed by atoms with E-state index in [0.717, 1.165) is 11.1 Å². The number of imide groups is 1. The molecule has 1 fully saturated rings. The smallest absolute Gasteiger partial charge is 0.407 e. The summed E-state index contributed by atoms with van der Waals surface area (Å²) in [6.07, 6.45) is 2.06. The molecule has 0 aliphatic carbocycles. The molecule has 0 spiro atoms. The second kappa shape index (κ2) is 23.5. The highest BCUT2D eigenvalue weighted by Crippen LogP contribution is 2.45. The number of nitrogens with zero attached hydrogens (tertiary/aromatic N) is 7. The Morgan fingerprint density at radius 3 is 2.26 bits per heavy atom. The van der Waals surface area contributed by atoms with E-state index >= 15 is 4.79 Å². The monoisotopic (exact) mass is 1090 g/mol. The average molecular weight is 1090 g/mol. The number of ether oxygens (including phenoxy) is 4. The molecular weight excluding hydrogens is 1010 g/mol. The van der Waals surface area contributed by atoms with Gasteiger partial charge < -0.3 is 38.7 Å². The number of carbonyl (C=O) groups is 5. The number of morpholine rings is 1. The number of fused-ring (bicyclic) bond motifs is 8. The highest BCUT2D eigenvalue weighted by Gasteiger charge is 2.42. The number of aryl methyl sites for hydroxylation is 1. The van der Waals surface area contributed by atoms with Gasteiger partial charge in [-0.15, -0.1) is 5.10 Å². The van der Waals surface area contributed by atoms with Gasteiger partial charge >= 0.3 is 12.1 Å². The molecule has 5 aliphatic rings. The third-order valence-corrected chi connectivity index (χ3v) is 20.2. The van der Waals surface area contributed by atoms with E-state index in [4.69, 9.17) is 33.3 Å². The van der Waals surface area contributed by atoms with Gasteiger partial charge in [-0.05, 0) is 113 Å². The summed E-state index contributed by atoms with van der Waals surface area (Å²) >= 11 is 0. The molecule has 2 atom stereocenters. The van der Waals surface area contributed by atoms with E-state index in [1.54, 1.807) is 27.0 Å². The normalized spacial score (nSPS) is 17.7. The van der Waals surface area contributed by atoms with Crippen molar-refractivity contribution in [3.05, 3.63) is 80.9 Å². The van der Waals surface area contributed by atoms with Crippen LogP contribution in [0.1, 0.15) is 171 Å². The molecule has 3 aromatic heterocycles. The van der Waals surface area contributed by atoms with Crippen LogP contribution in [0.4, 0.5) is 4.79 Å². The Kier molecular flexibility index (Phi) is 17.4. The predicted octanol–water partition coefficient (Wildman–Crippen LogP) is 8.79. The van der Waals surface area contributed by atoms with Crippen LogP contribution in [0, 0.1) is 6.92 Å². The fraction of sp³-hybridized carbons (Fsp3) is 0.561. The van der Waals surface area contributed by atoms with Crippen molar-refractivity contribution in [2.45, 2.75) is 138 Å². The van der Waals surface area contributed by atoms with Crippen molar-refractivity contribution in [2.75, 3.05) is 72.4 Å². The number of allylic oxidation sites excluding steroid dienone is 4. The van der Waals surface area contributed by atoms with E-state index in [1.165, 1.54) is 9.58 Å². The first-order valence-electron chi connectivity index (χ1n) is 27.3. The number of rotatable bonds is 19. The molecule has 78 heavy (non-hydrogen) atoms. The summed E-state index contributed by atoms with van der Waals surface area (Å²) in [4.78, 5) is 91.7. The zero-order chi connectivity index (χ0) is 56.4. The van der Waals surface area contributed by atoms with Crippen LogP contribution >= 0.6 is 0 Å². The van der Waals surface area contributed by atoms with E-state index in [9.17, 15) is 19.2 Å². The van der Waals surface area contributed by atoms with Gasteiger partial charge in [-0.2, -0.15) is 0 Å². The number of hydrogen-bond donors (Lipinski definition) is 3. The molecule has 0 unspecified atom stereocenters. The highest BCUT2D eigenvalue weighted by atomic mass is 28.4. The third-order valence-electron chi connectivity index (χ3n) is 15.7. The first kappa shape index (κ1) is 57.8. The topological polar surface area (TPSA) is 238 Å². The highest BCUT2D eigenvalue weighted by molar-refractivity contribution is 6.74. The van der Waals surface area contributed by atoms with E-state index in [-0.39, 0.29) is 73.6 Å². The first-order valence-corrected chi connectivity index (χ1v) is 30.2. The zero-order valence-electron chi connectivity index (χ0n) is 47.8. The largest absolute Gasteiger partial charge is 0.463 e. The maximum Gasteiger partial charge on any atom is 0.407 e. The van der Waals surface area contributed by atoms with Gasteiger partial charge in [0.25, 0.3) is 11.8 Å². The van der Waals surface area contributed by atoms with Crippen molar-refractivity contribution < 1.29 is 47.3 Å². The van der Waals surface area contributed by atoms with Gasteiger partial charge in [0, 0.05) is 67.9 Å². The molecule has 8 rings (SSSR count). The van der Waals surface area contributed by atoms with E-state index in [0.29, 0.717) is 132 Å². The number of amides is 3. The number of alkyl carbamates (subject to hydrolysis) is 1. The Bertz CT molecular complexity index is 3110. The second-order valence-electron chi connectivity index (χ2n) is 23.2. The van der Waals surface area contributed by atoms with Crippen LogP contribution in [0.2, 0.25) is 18.1 Å². The number of hydrogen-bond acceptors (Lipinski definition) is 15. The van der Waals surface area contributed by atoms with Crippen LogP contribution in [0.25, 0.3) is 33.3 Å². The van der Waals surface area contributed by atoms with Crippen LogP contribution < -0.4 is 5.32 Å². The fourth-order valence-electron chi connectivity index (χ4n) is 10.2. The average Bonchev–Trinajstić information content (AvgIpc) is 4.30. The summed E-state index contributed by atoms with van der Waals surface area (Å²) in [6.45, 7) is 30.7. The van der Waals surface area contributed by atoms with Crippen molar-refractivity contribution in [1.82, 2.24) is 50.0 Å². The molecule has 3 N–H and O–H groups in total. The second-order valence-corrected chi connectivity index (χ2v) is 28.0. The standard InChI is InChI=1S/C57H78N10O10Si/c1-14-37-33(2)39-31-44-47(52(69)45-32-66(64-63-45)22-26-73-23-17-58-55(72)77-56(6,7)8)35(4)41(60-44)29-40-34(3)38(15-16-46(68)75-27-28-76-78(12,13)57(9,10)11)50(61-40)49-51-48(36(5)42(62-51)30-43(37)59-39)53(70)67(54(49)71)19-18-65-20-24-74-25-21-65/h29-32,34,38,61-62H,14-28H2,1-13H3,(H,58,72)/t34-,38-/m0/s1. The number of Topliss-reactive ketones (excluding diaryl/α,β-unsaturated/α-hetero) is 1. The Morgan fingerprint density at radius 1 is 0.846 bits per heavy atom. The Labute approximate surface area is 457 Å². The molecule has 0 saturated carbocycles. The van der Waals surface area contributed by atoms with Crippen molar-refractivity contribution in [3.63, 3.8) is 0 Å². The minimum Gasteiger partial charge on any atom is -0.463 e. The van der Waals surface area contributed by atoms with E-state index < -0.39 is 31.8 Å². The van der Waals surface area contributed by atoms with Crippen LogP contribution in [0.15, 0.2) is 24.4 Å². The van der Waals surface area contributed by atoms with Crippen LogP contribution in [0.3, 0.4) is 0 Å². The third kappa shape index (κ3) is 12.5. The van der Waals surface area contributed by atoms with Gasteiger partial charge in [0.2, 0.25) is 5.78 Å². The summed E-state index contributed by atoms with van der Waals surface area (Å²) in [5.74, 6) is -2.31.